The van der Waals surface area contributed by atoms with Crippen LogP contribution in [0.25, 0.3) is 21.8 Å². The molecule has 4 heterocycles. The van der Waals surface area contributed by atoms with E-state index in [0.29, 0.717) is 30.6 Å². The number of carbonyl (C=O) groups excluding carboxylic acids is 3. The zero-order valence-electron chi connectivity index (χ0n) is 30.2. The van der Waals surface area contributed by atoms with Gasteiger partial charge in [0.2, 0.25) is 17.7 Å². The van der Waals surface area contributed by atoms with Crippen molar-refractivity contribution in [2.75, 3.05) is 80.2 Å². The molecule has 3 aliphatic heterocycles. The number of fused-ring (bicyclic) bond motifs is 2. The number of benzene rings is 3. The second kappa shape index (κ2) is 17.3. The van der Waals surface area contributed by atoms with Crippen LogP contribution >= 0.6 is 0 Å². The summed E-state index contributed by atoms with van der Waals surface area (Å²) in [5, 5.41) is 14.6. The number of nitrogens with zero attached hydrogens (tertiary/aromatic N) is 4. The maximum Gasteiger partial charge on any atom is 0.225 e. The molecule has 3 aromatic carbocycles. The Labute approximate surface area is 306 Å². The van der Waals surface area contributed by atoms with Gasteiger partial charge in [0.15, 0.2) is 0 Å². The molecule has 274 valence electrons. The summed E-state index contributed by atoms with van der Waals surface area (Å²) in [5.41, 5.74) is 5.34. The summed E-state index contributed by atoms with van der Waals surface area (Å²) in [6, 6.07) is 19.4. The van der Waals surface area contributed by atoms with Crippen molar-refractivity contribution >= 4 is 68.0 Å². The Hall–Kier alpha value is -4.58. The minimum atomic E-state index is -0.0110. The number of amides is 3. The van der Waals surface area contributed by atoms with Crippen LogP contribution in [-0.2, 0) is 14.4 Å². The van der Waals surface area contributed by atoms with Gasteiger partial charge in [0.1, 0.15) is 0 Å². The molecule has 0 unspecified atom stereocenters. The van der Waals surface area contributed by atoms with Crippen molar-refractivity contribution in [2.24, 2.45) is 0 Å². The van der Waals surface area contributed by atoms with Crippen LogP contribution in [-0.4, -0.2) is 96.3 Å². The lowest BCUT2D eigenvalue weighted by atomic mass is 10.1. The first kappa shape index (κ1) is 35.8. The molecule has 0 aliphatic carbocycles. The molecular weight excluding hydrogens is 653 g/mol. The first-order valence-electron chi connectivity index (χ1n) is 19.3. The molecule has 0 atom stereocenters. The smallest absolute Gasteiger partial charge is 0.225 e. The normalized spacial score (nSPS) is 16.8. The molecule has 3 amide bonds. The Morgan fingerprint density at radius 3 is 1.40 bits per heavy atom. The van der Waals surface area contributed by atoms with Crippen molar-refractivity contribution in [3.8, 4) is 0 Å². The Morgan fingerprint density at radius 2 is 0.904 bits per heavy atom. The molecule has 4 aromatic rings. The summed E-state index contributed by atoms with van der Waals surface area (Å²) >= 11 is 0. The fourth-order valence-corrected chi connectivity index (χ4v) is 7.69. The maximum atomic E-state index is 12.9. The Bertz CT molecular complexity index is 1770. The lowest BCUT2D eigenvalue weighted by molar-refractivity contribution is -0.117. The molecule has 7 rings (SSSR count). The van der Waals surface area contributed by atoms with Gasteiger partial charge in [-0.2, -0.15) is 0 Å². The summed E-state index contributed by atoms with van der Waals surface area (Å²) in [4.78, 5) is 50.5. The lowest BCUT2D eigenvalue weighted by Gasteiger charge is -2.17. The summed E-state index contributed by atoms with van der Waals surface area (Å²) in [7, 11) is 0. The summed E-state index contributed by atoms with van der Waals surface area (Å²) < 4.78 is 0. The van der Waals surface area contributed by atoms with Crippen LogP contribution in [0.2, 0.25) is 0 Å². The number of hydrogen-bond donors (Lipinski definition) is 4. The van der Waals surface area contributed by atoms with E-state index in [1.54, 1.807) is 0 Å². The van der Waals surface area contributed by atoms with Crippen molar-refractivity contribution < 1.29 is 14.4 Å². The minimum absolute atomic E-state index is 0.0110. The molecule has 1 aromatic heterocycles. The van der Waals surface area contributed by atoms with Gasteiger partial charge in [-0.3, -0.25) is 14.4 Å². The van der Waals surface area contributed by atoms with Gasteiger partial charge in [0.25, 0.3) is 0 Å². The highest BCUT2D eigenvalue weighted by Gasteiger charge is 2.17. The lowest BCUT2D eigenvalue weighted by Crippen LogP contribution is -2.25. The van der Waals surface area contributed by atoms with Crippen LogP contribution < -0.4 is 21.3 Å². The van der Waals surface area contributed by atoms with Crippen LogP contribution in [0, 0.1) is 0 Å². The molecule has 0 bridgehead atoms. The third-order valence-electron chi connectivity index (χ3n) is 10.6. The molecule has 11 nitrogen and oxygen atoms in total. The van der Waals surface area contributed by atoms with Gasteiger partial charge in [-0.15, -0.1) is 0 Å². The van der Waals surface area contributed by atoms with Gasteiger partial charge in [-0.1, -0.05) is 0 Å². The van der Waals surface area contributed by atoms with Crippen LogP contribution in [0.4, 0.5) is 28.4 Å². The molecule has 3 aliphatic rings. The zero-order chi connectivity index (χ0) is 35.7. The topological polar surface area (TPSA) is 122 Å². The van der Waals surface area contributed by atoms with Crippen LogP contribution in [0.3, 0.4) is 0 Å². The van der Waals surface area contributed by atoms with Crippen molar-refractivity contribution in [1.82, 2.24) is 19.7 Å². The molecule has 3 fully saturated rings. The SMILES string of the molecule is O=C(CCCN1CCCC1)Nc1ccc(Nc2c3ccc(NC(=O)CCN4CCCC4)cc3nc3cc(NC(=O)CCN4CCCC4)ccc23)cc1. The predicted octanol–water partition coefficient (Wildman–Crippen LogP) is 6.79. The average molecular weight is 705 g/mol. The van der Waals surface area contributed by atoms with Gasteiger partial charge in [0.05, 0.1) is 16.7 Å². The summed E-state index contributed by atoms with van der Waals surface area (Å²) in [5.74, 6) is 0.00934. The van der Waals surface area contributed by atoms with Gasteiger partial charge in [-0.25, -0.2) is 4.98 Å². The molecule has 0 radical (unpaired) electrons. The monoisotopic (exact) mass is 704 g/mol. The molecule has 0 spiro atoms. The fourth-order valence-electron chi connectivity index (χ4n) is 7.69. The van der Waals surface area contributed by atoms with Gasteiger partial charge < -0.3 is 36.0 Å². The summed E-state index contributed by atoms with van der Waals surface area (Å²) in [6.07, 6.45) is 9.59. The number of nitrogens with one attached hydrogen (secondary N) is 4. The first-order chi connectivity index (χ1) is 25.4. The average Bonchev–Trinajstić information content (AvgIpc) is 3.96. The standard InChI is InChI=1S/C41H52N8O3/c50-38(8-7-25-47-19-1-2-20-47)42-30-9-11-31(12-10-30)45-41-34-15-13-32(43-39(51)17-26-48-21-3-4-22-48)28-36(34)46-37-29-33(14-16-35(37)41)44-40(52)18-27-49-23-5-6-24-49/h9-16,28-29H,1-8,17-27H2,(H,42,50)(H,43,51)(H,44,52)(H,45,46). The van der Waals surface area contributed by atoms with Gasteiger partial charge in [0, 0.05) is 65.9 Å². The van der Waals surface area contributed by atoms with E-state index in [-0.39, 0.29) is 17.7 Å². The Balaban J connectivity index is 1.08. The third kappa shape index (κ3) is 9.64. The number of anilines is 5. The van der Waals surface area contributed by atoms with E-state index in [9.17, 15) is 14.4 Å². The van der Waals surface area contributed by atoms with Crippen LogP contribution in [0.5, 0.6) is 0 Å². The van der Waals surface area contributed by atoms with Crippen LogP contribution in [0.15, 0.2) is 60.7 Å². The van der Waals surface area contributed by atoms with E-state index >= 15 is 0 Å². The second-order valence-electron chi connectivity index (χ2n) is 14.5. The van der Waals surface area contributed by atoms with Gasteiger partial charge >= 0.3 is 0 Å². The van der Waals surface area contributed by atoms with E-state index in [4.69, 9.17) is 4.98 Å². The number of carbonyl (C=O) groups is 3. The fraction of sp³-hybridized carbons (Fsp3) is 0.463. The molecule has 52 heavy (non-hydrogen) atoms. The van der Waals surface area contributed by atoms with E-state index in [0.717, 1.165) is 104 Å². The van der Waals surface area contributed by atoms with E-state index in [2.05, 4.69) is 36.0 Å². The zero-order valence-corrected chi connectivity index (χ0v) is 30.2. The van der Waals surface area contributed by atoms with E-state index < -0.39 is 0 Å². The number of pyridine rings is 1. The van der Waals surface area contributed by atoms with Crippen molar-refractivity contribution in [2.45, 2.75) is 64.2 Å². The number of hydrogen-bond acceptors (Lipinski definition) is 8. The predicted molar refractivity (Wildman–Crippen MR) is 210 cm³/mol. The molecule has 3 saturated heterocycles. The first-order valence-corrected chi connectivity index (χ1v) is 19.3. The molecular formula is C41H52N8O3. The highest BCUT2D eigenvalue weighted by atomic mass is 16.2. The molecule has 4 N–H and O–H groups in total. The quantitative estimate of drug-likeness (QED) is 0.0999. The Morgan fingerprint density at radius 1 is 0.500 bits per heavy atom. The Kier molecular flexibility index (Phi) is 11.9. The third-order valence-corrected chi connectivity index (χ3v) is 10.6. The van der Waals surface area contributed by atoms with Gasteiger partial charge in [-0.05, 0) is 151 Å². The number of rotatable bonds is 15. The highest BCUT2D eigenvalue weighted by Crippen LogP contribution is 2.36. The minimum Gasteiger partial charge on any atom is -0.354 e. The number of likely N-dealkylation sites (tertiary alicyclic amines) is 3. The number of aromatic nitrogens is 1. The highest BCUT2D eigenvalue weighted by molar-refractivity contribution is 6.10. The largest absolute Gasteiger partial charge is 0.354 e. The molecule has 11 heteroatoms. The van der Waals surface area contributed by atoms with E-state index in [1.165, 1.54) is 38.5 Å². The van der Waals surface area contributed by atoms with Crippen molar-refractivity contribution in [1.29, 1.82) is 0 Å². The van der Waals surface area contributed by atoms with E-state index in [1.807, 2.05) is 60.7 Å². The molecule has 0 saturated carbocycles. The van der Waals surface area contributed by atoms with Crippen molar-refractivity contribution in [3.05, 3.63) is 60.7 Å². The summed E-state index contributed by atoms with van der Waals surface area (Å²) in [6.45, 7) is 9.05. The maximum absolute atomic E-state index is 12.9. The van der Waals surface area contributed by atoms with Crippen molar-refractivity contribution in [3.63, 3.8) is 0 Å². The van der Waals surface area contributed by atoms with Crippen LogP contribution in [0.1, 0.15) is 64.2 Å². The second-order valence-corrected chi connectivity index (χ2v) is 14.5.